The van der Waals surface area contributed by atoms with Crippen molar-refractivity contribution < 1.29 is 14.7 Å². The van der Waals surface area contributed by atoms with Crippen LogP contribution in [0.3, 0.4) is 0 Å². The van der Waals surface area contributed by atoms with E-state index in [1.165, 1.54) is 25.3 Å². The molecule has 2 N–H and O–H groups in total. The lowest BCUT2D eigenvalue weighted by Crippen LogP contribution is -2.48. The monoisotopic (exact) mass is 330 g/mol. The Morgan fingerprint density at radius 3 is 2.33 bits per heavy atom. The van der Waals surface area contributed by atoms with Gasteiger partial charge in [0.15, 0.2) is 0 Å². The van der Waals surface area contributed by atoms with Crippen LogP contribution in [0.25, 0.3) is 0 Å². The van der Waals surface area contributed by atoms with Crippen molar-refractivity contribution in [2.45, 2.75) is 51.0 Å². The smallest absolute Gasteiger partial charge is 0.255 e. The summed E-state index contributed by atoms with van der Waals surface area (Å²) in [4.78, 5) is 26.8. The molecule has 0 unspecified atom stereocenters. The highest BCUT2D eigenvalue weighted by atomic mass is 16.3. The number of hydrogen-bond acceptors (Lipinski definition) is 3. The van der Waals surface area contributed by atoms with Crippen LogP contribution in [0, 0.1) is 5.92 Å². The van der Waals surface area contributed by atoms with Crippen molar-refractivity contribution >= 4 is 11.8 Å². The average Bonchev–Trinajstić information content (AvgIpc) is 2.63. The zero-order valence-electron chi connectivity index (χ0n) is 14.0. The number of aromatic hydroxyl groups is 1. The molecule has 1 saturated heterocycles. The van der Waals surface area contributed by atoms with E-state index in [1.807, 2.05) is 4.90 Å². The Balaban J connectivity index is 1.49. The summed E-state index contributed by atoms with van der Waals surface area (Å²) in [6.45, 7) is 1.42. The number of nitrogens with zero attached hydrogens (tertiary/aromatic N) is 1. The highest BCUT2D eigenvalue weighted by Crippen LogP contribution is 2.26. The van der Waals surface area contributed by atoms with E-state index < -0.39 is 0 Å². The Hall–Kier alpha value is -2.04. The molecule has 0 bridgehead atoms. The Labute approximate surface area is 143 Å². The molecule has 24 heavy (non-hydrogen) atoms. The summed E-state index contributed by atoms with van der Waals surface area (Å²) < 4.78 is 0. The van der Waals surface area contributed by atoms with Gasteiger partial charge >= 0.3 is 0 Å². The molecular formula is C19H26N2O3. The summed E-state index contributed by atoms with van der Waals surface area (Å²) in [5.41, 5.74) is 0.304. The number of carbonyl (C=O) groups excluding carboxylic acids is 2. The minimum Gasteiger partial charge on any atom is -0.507 e. The molecule has 1 aliphatic heterocycles. The van der Waals surface area contributed by atoms with Gasteiger partial charge in [-0.15, -0.1) is 0 Å². The fraction of sp³-hybridized carbons (Fsp3) is 0.579. The first-order valence-electron chi connectivity index (χ1n) is 9.03. The molecule has 1 heterocycles. The second-order valence-corrected chi connectivity index (χ2v) is 6.93. The zero-order chi connectivity index (χ0) is 16.9. The van der Waals surface area contributed by atoms with Crippen LogP contribution in [0.5, 0.6) is 5.75 Å². The molecule has 1 aromatic rings. The van der Waals surface area contributed by atoms with Gasteiger partial charge in [-0.2, -0.15) is 0 Å². The highest BCUT2D eigenvalue weighted by Gasteiger charge is 2.29. The van der Waals surface area contributed by atoms with E-state index >= 15 is 0 Å². The number of rotatable bonds is 3. The number of benzene rings is 1. The molecule has 1 aromatic carbocycles. The predicted molar refractivity (Wildman–Crippen MR) is 91.8 cm³/mol. The number of hydrogen-bond donors (Lipinski definition) is 2. The molecule has 0 spiro atoms. The topological polar surface area (TPSA) is 69.6 Å². The predicted octanol–water partition coefficient (Wildman–Crippen LogP) is 2.69. The average molecular weight is 330 g/mol. The zero-order valence-corrected chi connectivity index (χ0v) is 14.0. The fourth-order valence-electron chi connectivity index (χ4n) is 3.78. The van der Waals surface area contributed by atoms with Gasteiger partial charge in [0, 0.05) is 25.0 Å². The number of phenols is 1. The normalized spacial score (nSPS) is 19.9. The maximum atomic E-state index is 12.6. The van der Waals surface area contributed by atoms with Crippen LogP contribution < -0.4 is 5.32 Å². The van der Waals surface area contributed by atoms with Crippen molar-refractivity contribution in [1.82, 2.24) is 10.2 Å². The van der Waals surface area contributed by atoms with E-state index in [1.54, 1.807) is 18.2 Å². The lowest BCUT2D eigenvalue weighted by Gasteiger charge is -2.35. The lowest BCUT2D eigenvalue weighted by molar-refractivity contribution is -0.137. The first kappa shape index (κ1) is 16.8. The van der Waals surface area contributed by atoms with Crippen LogP contribution >= 0.6 is 0 Å². The molecule has 5 heteroatoms. The number of piperidine rings is 1. The van der Waals surface area contributed by atoms with Crippen molar-refractivity contribution in [2.75, 3.05) is 13.1 Å². The molecule has 1 saturated carbocycles. The minimum absolute atomic E-state index is 0.0000813. The molecule has 1 aliphatic carbocycles. The summed E-state index contributed by atoms with van der Waals surface area (Å²) in [7, 11) is 0. The number of likely N-dealkylation sites (tertiary alicyclic amines) is 1. The Morgan fingerprint density at radius 2 is 1.67 bits per heavy atom. The van der Waals surface area contributed by atoms with Crippen molar-refractivity contribution in [3.8, 4) is 5.75 Å². The van der Waals surface area contributed by atoms with E-state index in [0.29, 0.717) is 24.6 Å². The van der Waals surface area contributed by atoms with Crippen LogP contribution in [0.1, 0.15) is 55.3 Å². The van der Waals surface area contributed by atoms with Crippen molar-refractivity contribution in [2.24, 2.45) is 5.92 Å². The van der Waals surface area contributed by atoms with Crippen LogP contribution in [0.4, 0.5) is 0 Å². The maximum Gasteiger partial charge on any atom is 0.255 e. The van der Waals surface area contributed by atoms with Crippen molar-refractivity contribution in [3.05, 3.63) is 29.8 Å². The quantitative estimate of drug-likeness (QED) is 0.895. The summed E-state index contributed by atoms with van der Waals surface area (Å²) in [6.07, 6.45) is 7.21. The minimum atomic E-state index is -0.245. The molecular weight excluding hydrogens is 304 g/mol. The van der Waals surface area contributed by atoms with Gasteiger partial charge in [0.05, 0.1) is 5.56 Å². The second kappa shape index (κ2) is 7.69. The van der Waals surface area contributed by atoms with Gasteiger partial charge in [0.25, 0.3) is 5.91 Å². The standard InChI is InChI=1S/C19H26N2O3/c22-17-9-5-4-8-16(17)18(23)20-15-10-12-21(13-11-15)19(24)14-6-2-1-3-7-14/h4-5,8-9,14-15,22H,1-3,6-7,10-13H2,(H,20,23). The van der Waals surface area contributed by atoms with Crippen LogP contribution in [-0.2, 0) is 4.79 Å². The van der Waals surface area contributed by atoms with E-state index in [4.69, 9.17) is 0 Å². The molecule has 0 atom stereocenters. The van der Waals surface area contributed by atoms with E-state index in [0.717, 1.165) is 25.7 Å². The van der Waals surface area contributed by atoms with Crippen LogP contribution in [0.2, 0.25) is 0 Å². The van der Waals surface area contributed by atoms with E-state index in [9.17, 15) is 14.7 Å². The Morgan fingerprint density at radius 1 is 1.00 bits per heavy atom. The molecule has 130 valence electrons. The number of amides is 2. The third-order valence-corrected chi connectivity index (χ3v) is 5.24. The molecule has 5 nitrogen and oxygen atoms in total. The third-order valence-electron chi connectivity index (χ3n) is 5.24. The van der Waals surface area contributed by atoms with Gasteiger partial charge in [-0.25, -0.2) is 0 Å². The fourth-order valence-corrected chi connectivity index (χ4v) is 3.78. The van der Waals surface area contributed by atoms with Gasteiger partial charge in [-0.3, -0.25) is 9.59 Å². The van der Waals surface area contributed by atoms with Gasteiger partial charge in [0.1, 0.15) is 5.75 Å². The number of para-hydroxylation sites is 1. The molecule has 2 aliphatic rings. The molecule has 3 rings (SSSR count). The third kappa shape index (κ3) is 3.89. The molecule has 0 radical (unpaired) electrons. The SMILES string of the molecule is O=C(NC1CCN(C(=O)C2CCCCC2)CC1)c1ccccc1O. The highest BCUT2D eigenvalue weighted by molar-refractivity contribution is 5.96. The van der Waals surface area contributed by atoms with Crippen LogP contribution in [-0.4, -0.2) is 41.0 Å². The Bertz CT molecular complexity index is 588. The molecule has 0 aromatic heterocycles. The van der Waals surface area contributed by atoms with Gasteiger partial charge in [-0.1, -0.05) is 31.4 Å². The van der Waals surface area contributed by atoms with Crippen LogP contribution in [0.15, 0.2) is 24.3 Å². The lowest BCUT2D eigenvalue weighted by atomic mass is 9.87. The van der Waals surface area contributed by atoms with E-state index in [-0.39, 0.29) is 23.6 Å². The van der Waals surface area contributed by atoms with Crippen molar-refractivity contribution in [1.29, 1.82) is 0 Å². The second-order valence-electron chi connectivity index (χ2n) is 6.93. The number of carbonyl (C=O) groups is 2. The number of nitrogens with one attached hydrogen (secondary N) is 1. The summed E-state index contributed by atoms with van der Waals surface area (Å²) in [6, 6.07) is 6.63. The van der Waals surface area contributed by atoms with Crippen molar-refractivity contribution in [3.63, 3.8) is 0 Å². The maximum absolute atomic E-state index is 12.6. The summed E-state index contributed by atoms with van der Waals surface area (Å²) in [5, 5.41) is 12.7. The van der Waals surface area contributed by atoms with Gasteiger partial charge < -0.3 is 15.3 Å². The first-order chi connectivity index (χ1) is 11.6. The summed E-state index contributed by atoms with van der Waals surface area (Å²) >= 11 is 0. The Kier molecular flexibility index (Phi) is 5.38. The summed E-state index contributed by atoms with van der Waals surface area (Å²) in [5.74, 6) is 0.274. The number of phenolic OH excluding ortho intramolecular Hbond substituents is 1. The van der Waals surface area contributed by atoms with Gasteiger partial charge in [0.2, 0.25) is 5.91 Å². The van der Waals surface area contributed by atoms with Gasteiger partial charge in [-0.05, 0) is 37.8 Å². The van der Waals surface area contributed by atoms with E-state index in [2.05, 4.69) is 5.32 Å². The molecule has 2 amide bonds. The molecule has 2 fully saturated rings. The largest absolute Gasteiger partial charge is 0.507 e. The first-order valence-corrected chi connectivity index (χ1v) is 9.03.